The summed E-state index contributed by atoms with van der Waals surface area (Å²) >= 11 is 2.03. The Morgan fingerprint density at radius 1 is 1.45 bits per heavy atom. The molecule has 0 spiro atoms. The van der Waals surface area contributed by atoms with E-state index in [1.165, 1.54) is 35.5 Å². The molecule has 2 rings (SSSR count). The van der Waals surface area contributed by atoms with Crippen LogP contribution in [-0.2, 0) is 0 Å². The Morgan fingerprint density at radius 3 is 2.91 bits per heavy atom. The van der Waals surface area contributed by atoms with Gasteiger partial charge in [0.25, 0.3) is 0 Å². The number of hydrogen-bond acceptors (Lipinski definition) is 2. The fraction of sp³-hybridized carbons (Fsp3) is 0.588. The van der Waals surface area contributed by atoms with Crippen LogP contribution in [-0.4, -0.2) is 37.1 Å². The fourth-order valence-electron chi connectivity index (χ4n) is 2.59. The molecular formula is C17H28IN3S. The first-order valence-electron chi connectivity index (χ1n) is 7.80. The van der Waals surface area contributed by atoms with Crippen LogP contribution in [0.15, 0.2) is 29.3 Å². The molecule has 1 aliphatic rings. The molecule has 1 fully saturated rings. The topological polar surface area (TPSA) is 36.4 Å². The van der Waals surface area contributed by atoms with Gasteiger partial charge in [0.2, 0.25) is 0 Å². The molecule has 1 aromatic carbocycles. The van der Waals surface area contributed by atoms with Gasteiger partial charge in [-0.1, -0.05) is 36.8 Å². The largest absolute Gasteiger partial charge is 0.356 e. The van der Waals surface area contributed by atoms with Gasteiger partial charge < -0.3 is 10.6 Å². The zero-order valence-electron chi connectivity index (χ0n) is 13.8. The van der Waals surface area contributed by atoms with Gasteiger partial charge in [-0.05, 0) is 37.0 Å². The van der Waals surface area contributed by atoms with E-state index in [1.807, 2.05) is 18.8 Å². The van der Waals surface area contributed by atoms with Gasteiger partial charge in [-0.15, -0.1) is 24.0 Å². The van der Waals surface area contributed by atoms with Crippen LogP contribution in [0.2, 0.25) is 0 Å². The molecule has 0 bridgehead atoms. The lowest BCUT2D eigenvalue weighted by atomic mass is 9.99. The van der Waals surface area contributed by atoms with E-state index >= 15 is 0 Å². The second-order valence-corrected chi connectivity index (χ2v) is 6.98. The maximum Gasteiger partial charge on any atom is 0.191 e. The summed E-state index contributed by atoms with van der Waals surface area (Å²) in [6.45, 7) is 5.30. The minimum Gasteiger partial charge on any atom is -0.356 e. The van der Waals surface area contributed by atoms with Gasteiger partial charge in [0.05, 0.1) is 0 Å². The minimum absolute atomic E-state index is 0. The van der Waals surface area contributed by atoms with E-state index in [1.54, 1.807) is 0 Å². The van der Waals surface area contributed by atoms with Crippen molar-refractivity contribution in [3.63, 3.8) is 0 Å². The number of thioether (sulfide) groups is 1. The average Bonchev–Trinajstić information content (AvgIpc) is 2.52. The highest BCUT2D eigenvalue weighted by Gasteiger charge is 2.15. The number of aliphatic imine (C=N–C) groups is 1. The second kappa shape index (κ2) is 10.4. The van der Waals surface area contributed by atoms with Crippen LogP contribution in [0, 0.1) is 6.92 Å². The van der Waals surface area contributed by atoms with Crippen molar-refractivity contribution in [2.24, 2.45) is 4.99 Å². The van der Waals surface area contributed by atoms with Crippen LogP contribution in [0.5, 0.6) is 0 Å². The van der Waals surface area contributed by atoms with E-state index < -0.39 is 0 Å². The lowest BCUT2D eigenvalue weighted by Gasteiger charge is -2.25. The highest BCUT2D eigenvalue weighted by molar-refractivity contribution is 14.0. The van der Waals surface area contributed by atoms with Gasteiger partial charge in [0, 0.05) is 25.4 Å². The van der Waals surface area contributed by atoms with E-state index in [9.17, 15) is 0 Å². The minimum atomic E-state index is 0. The van der Waals surface area contributed by atoms with Gasteiger partial charge >= 0.3 is 0 Å². The molecule has 0 aromatic heterocycles. The first-order chi connectivity index (χ1) is 10.2. The summed E-state index contributed by atoms with van der Waals surface area (Å²) in [6, 6.07) is 9.30. The molecule has 0 saturated carbocycles. The van der Waals surface area contributed by atoms with E-state index in [0.717, 1.165) is 12.5 Å². The van der Waals surface area contributed by atoms with Crippen molar-refractivity contribution in [1.82, 2.24) is 10.6 Å². The zero-order chi connectivity index (χ0) is 15.1. The van der Waals surface area contributed by atoms with Crippen molar-refractivity contribution >= 4 is 41.7 Å². The van der Waals surface area contributed by atoms with Crippen LogP contribution in [0.3, 0.4) is 0 Å². The number of nitrogens with one attached hydrogen (secondary N) is 2. The molecule has 3 nitrogen and oxygen atoms in total. The van der Waals surface area contributed by atoms with Crippen molar-refractivity contribution in [2.45, 2.75) is 38.6 Å². The predicted molar refractivity (Wildman–Crippen MR) is 110 cm³/mol. The SMILES string of the molecule is CN=C(NCC(C)c1cccc(C)c1)NC1CCCSC1.I. The lowest BCUT2D eigenvalue weighted by Crippen LogP contribution is -2.46. The maximum absolute atomic E-state index is 4.35. The first kappa shape index (κ1) is 19.6. The molecule has 1 aromatic rings. The third kappa shape index (κ3) is 6.36. The summed E-state index contributed by atoms with van der Waals surface area (Å²) in [5.41, 5.74) is 2.70. The number of hydrogen-bond donors (Lipinski definition) is 2. The Bertz CT molecular complexity index is 473. The van der Waals surface area contributed by atoms with Crippen molar-refractivity contribution in [3.8, 4) is 0 Å². The monoisotopic (exact) mass is 433 g/mol. The Kier molecular flexibility index (Phi) is 9.24. The van der Waals surface area contributed by atoms with Gasteiger partial charge in [0.15, 0.2) is 5.96 Å². The number of nitrogens with zero attached hydrogens (tertiary/aromatic N) is 1. The number of rotatable bonds is 4. The molecule has 2 atom stereocenters. The van der Waals surface area contributed by atoms with Crippen LogP contribution in [0.25, 0.3) is 0 Å². The quantitative estimate of drug-likeness (QED) is 0.431. The summed E-state index contributed by atoms with van der Waals surface area (Å²) in [4.78, 5) is 4.35. The smallest absolute Gasteiger partial charge is 0.191 e. The number of halogens is 1. The van der Waals surface area contributed by atoms with Crippen molar-refractivity contribution < 1.29 is 0 Å². The summed E-state index contributed by atoms with van der Waals surface area (Å²) in [6.07, 6.45) is 2.56. The Balaban J connectivity index is 0.00000242. The van der Waals surface area contributed by atoms with E-state index in [0.29, 0.717) is 12.0 Å². The van der Waals surface area contributed by atoms with Crippen molar-refractivity contribution in [2.75, 3.05) is 25.1 Å². The summed E-state index contributed by atoms with van der Waals surface area (Å²) < 4.78 is 0. The zero-order valence-corrected chi connectivity index (χ0v) is 16.9. The third-order valence-electron chi connectivity index (χ3n) is 3.91. The fourth-order valence-corrected chi connectivity index (χ4v) is 3.66. The number of guanidine groups is 1. The van der Waals surface area contributed by atoms with Crippen molar-refractivity contribution in [3.05, 3.63) is 35.4 Å². The Hall–Kier alpha value is -0.430. The highest BCUT2D eigenvalue weighted by atomic mass is 127. The molecule has 0 radical (unpaired) electrons. The van der Waals surface area contributed by atoms with Crippen molar-refractivity contribution in [1.29, 1.82) is 0 Å². The average molecular weight is 433 g/mol. The van der Waals surface area contributed by atoms with Gasteiger partial charge in [-0.25, -0.2) is 0 Å². The molecule has 0 amide bonds. The molecule has 0 aliphatic carbocycles. The molecule has 124 valence electrons. The van der Waals surface area contributed by atoms with Crippen LogP contribution >= 0.6 is 35.7 Å². The van der Waals surface area contributed by atoms with Crippen LogP contribution in [0.4, 0.5) is 0 Å². The summed E-state index contributed by atoms with van der Waals surface area (Å²) in [5.74, 6) is 3.90. The third-order valence-corrected chi connectivity index (χ3v) is 5.13. The van der Waals surface area contributed by atoms with E-state index in [4.69, 9.17) is 0 Å². The molecule has 22 heavy (non-hydrogen) atoms. The number of benzene rings is 1. The van der Waals surface area contributed by atoms with Gasteiger partial charge in [-0.3, -0.25) is 4.99 Å². The molecule has 2 N–H and O–H groups in total. The second-order valence-electron chi connectivity index (χ2n) is 5.83. The molecule has 5 heteroatoms. The molecular weight excluding hydrogens is 405 g/mol. The Morgan fingerprint density at radius 2 is 2.27 bits per heavy atom. The summed E-state index contributed by atoms with van der Waals surface area (Å²) in [7, 11) is 1.85. The van der Waals surface area contributed by atoms with Crippen LogP contribution in [0.1, 0.15) is 36.8 Å². The molecule has 1 aliphatic heterocycles. The molecule has 1 saturated heterocycles. The first-order valence-corrected chi connectivity index (χ1v) is 8.96. The normalized spacial score (nSPS) is 20.0. The van der Waals surface area contributed by atoms with Crippen LogP contribution < -0.4 is 10.6 Å². The highest BCUT2D eigenvalue weighted by Crippen LogP contribution is 2.17. The summed E-state index contributed by atoms with van der Waals surface area (Å²) in [5, 5.41) is 7.01. The van der Waals surface area contributed by atoms with Gasteiger partial charge in [-0.2, -0.15) is 11.8 Å². The van der Waals surface area contributed by atoms with Gasteiger partial charge in [0.1, 0.15) is 0 Å². The standard InChI is InChI=1S/C17H27N3S.HI/c1-13-6-4-7-15(10-13)14(2)11-19-17(18-3)20-16-8-5-9-21-12-16;/h4,6-7,10,14,16H,5,8-9,11-12H2,1-3H3,(H2,18,19,20);1H. The predicted octanol–water partition coefficient (Wildman–Crippen LogP) is 3.78. The maximum atomic E-state index is 4.35. The molecule has 2 unspecified atom stereocenters. The Labute approximate surface area is 156 Å². The van der Waals surface area contributed by atoms with E-state index in [2.05, 4.69) is 53.7 Å². The number of aryl methyl sites for hydroxylation is 1. The van der Waals surface area contributed by atoms with E-state index in [-0.39, 0.29) is 24.0 Å². The molecule has 1 heterocycles. The lowest BCUT2D eigenvalue weighted by molar-refractivity contribution is 0.577.